The number of nitrogens with one attached hydrogen (secondary N) is 3. The molecule has 0 aliphatic carbocycles. The van der Waals surface area contributed by atoms with Gasteiger partial charge >= 0.3 is 0 Å². The number of nitro groups is 1. The number of rotatable bonds is 5. The van der Waals surface area contributed by atoms with Gasteiger partial charge in [0.15, 0.2) is 0 Å². The van der Waals surface area contributed by atoms with E-state index >= 15 is 0 Å². The zero-order valence-electron chi connectivity index (χ0n) is 13.8. The first-order valence-corrected chi connectivity index (χ1v) is 7.82. The minimum absolute atomic E-state index is 0.178. The van der Waals surface area contributed by atoms with E-state index in [1.807, 2.05) is 0 Å². The molecule has 27 heavy (non-hydrogen) atoms. The van der Waals surface area contributed by atoms with E-state index < -0.39 is 35.3 Å². The van der Waals surface area contributed by atoms with Crippen LogP contribution < -0.4 is 20.7 Å². The number of fused-ring (bicyclic) bond motifs is 1. The third-order valence-corrected chi connectivity index (χ3v) is 3.63. The van der Waals surface area contributed by atoms with Gasteiger partial charge in [0, 0.05) is 17.8 Å². The second-order valence-electron chi connectivity index (χ2n) is 5.56. The van der Waals surface area contributed by atoms with Crippen molar-refractivity contribution in [3.8, 4) is 5.75 Å². The fourth-order valence-electron chi connectivity index (χ4n) is 2.39. The van der Waals surface area contributed by atoms with E-state index in [1.165, 1.54) is 24.3 Å². The van der Waals surface area contributed by atoms with E-state index in [-0.39, 0.29) is 11.4 Å². The highest BCUT2D eigenvalue weighted by Gasteiger charge is 2.33. The lowest BCUT2D eigenvalue weighted by molar-refractivity contribution is -0.384. The number of hydrogen-bond donors (Lipinski definition) is 3. The summed E-state index contributed by atoms with van der Waals surface area (Å²) in [6, 6.07) is 12.0. The molecule has 138 valence electrons. The monoisotopic (exact) mass is 370 g/mol. The second kappa shape index (κ2) is 7.52. The van der Waals surface area contributed by atoms with Crippen molar-refractivity contribution < 1.29 is 24.0 Å². The Kier molecular flexibility index (Phi) is 4.97. The van der Waals surface area contributed by atoms with Gasteiger partial charge in [-0.3, -0.25) is 24.5 Å². The van der Waals surface area contributed by atoms with Gasteiger partial charge in [-0.05, 0) is 18.2 Å². The average molecular weight is 370 g/mol. The Morgan fingerprint density at radius 2 is 1.96 bits per heavy atom. The van der Waals surface area contributed by atoms with Crippen LogP contribution in [0.1, 0.15) is 0 Å². The lowest BCUT2D eigenvalue weighted by atomic mass is 10.2. The molecule has 0 aromatic heterocycles. The normalized spacial score (nSPS) is 15.0. The molecular weight excluding hydrogens is 356 g/mol. The van der Waals surface area contributed by atoms with Gasteiger partial charge in [-0.1, -0.05) is 18.2 Å². The highest BCUT2D eigenvalue weighted by molar-refractivity contribution is 6.12. The maximum absolute atomic E-state index is 12.2. The first-order valence-electron chi connectivity index (χ1n) is 7.82. The van der Waals surface area contributed by atoms with Gasteiger partial charge in [0.1, 0.15) is 5.75 Å². The minimum atomic E-state index is -1.43. The second-order valence-corrected chi connectivity index (χ2v) is 5.56. The smallest absolute Gasteiger partial charge is 0.275 e. The van der Waals surface area contributed by atoms with E-state index in [1.54, 1.807) is 24.3 Å². The lowest BCUT2D eigenvalue weighted by Crippen LogP contribution is -2.49. The predicted octanol–water partition coefficient (Wildman–Crippen LogP) is 1.05. The average Bonchev–Trinajstić information content (AvgIpc) is 2.65. The molecule has 0 bridgehead atoms. The van der Waals surface area contributed by atoms with Gasteiger partial charge in [0.2, 0.25) is 5.91 Å². The lowest BCUT2D eigenvalue weighted by Gasteiger charge is -2.24. The van der Waals surface area contributed by atoms with Crippen LogP contribution in [0.2, 0.25) is 0 Å². The SMILES string of the molecule is O=C(CNC(=O)C1Oc2ccccc2NC1=O)Nc1cccc([N+](=O)[O-])c1. The third-order valence-electron chi connectivity index (χ3n) is 3.63. The summed E-state index contributed by atoms with van der Waals surface area (Å²) in [5.74, 6) is -1.69. The van der Waals surface area contributed by atoms with Crippen molar-refractivity contribution in [1.29, 1.82) is 0 Å². The van der Waals surface area contributed by atoms with Crippen LogP contribution in [-0.2, 0) is 14.4 Å². The number of nitrogens with zero attached hydrogens (tertiary/aromatic N) is 1. The van der Waals surface area contributed by atoms with E-state index in [2.05, 4.69) is 16.0 Å². The van der Waals surface area contributed by atoms with Gasteiger partial charge in [0.05, 0.1) is 17.2 Å². The largest absolute Gasteiger partial charge is 0.468 e. The number of hydrogen-bond acceptors (Lipinski definition) is 6. The topological polar surface area (TPSA) is 140 Å². The zero-order chi connectivity index (χ0) is 19.4. The summed E-state index contributed by atoms with van der Waals surface area (Å²) in [6.07, 6.45) is -1.43. The number of nitro benzene ring substituents is 1. The predicted molar refractivity (Wildman–Crippen MR) is 94.2 cm³/mol. The molecule has 1 heterocycles. The molecule has 10 heteroatoms. The summed E-state index contributed by atoms with van der Waals surface area (Å²) in [7, 11) is 0. The fraction of sp³-hybridized carbons (Fsp3) is 0.118. The van der Waals surface area contributed by atoms with Crippen LogP contribution >= 0.6 is 0 Å². The van der Waals surface area contributed by atoms with Crippen molar-refractivity contribution in [2.75, 3.05) is 17.2 Å². The quantitative estimate of drug-likeness (QED) is 0.408. The number of anilines is 2. The van der Waals surface area contributed by atoms with Crippen LogP contribution in [0.3, 0.4) is 0 Å². The summed E-state index contributed by atoms with van der Waals surface area (Å²) >= 11 is 0. The number of carbonyl (C=O) groups is 3. The maximum atomic E-state index is 12.2. The Hall–Kier alpha value is -3.95. The van der Waals surface area contributed by atoms with Crippen molar-refractivity contribution in [3.05, 3.63) is 58.6 Å². The Balaban J connectivity index is 1.56. The van der Waals surface area contributed by atoms with Gasteiger partial charge in [-0.15, -0.1) is 0 Å². The van der Waals surface area contributed by atoms with Gasteiger partial charge in [-0.25, -0.2) is 0 Å². The summed E-state index contributed by atoms with van der Waals surface area (Å²) in [6.45, 7) is -0.434. The number of non-ortho nitro benzene ring substituents is 1. The van der Waals surface area contributed by atoms with Crippen LogP contribution in [-0.4, -0.2) is 35.3 Å². The van der Waals surface area contributed by atoms with Crippen LogP contribution in [0.5, 0.6) is 5.75 Å². The molecule has 0 saturated heterocycles. The fourth-order valence-corrected chi connectivity index (χ4v) is 2.39. The molecule has 10 nitrogen and oxygen atoms in total. The van der Waals surface area contributed by atoms with E-state index in [9.17, 15) is 24.5 Å². The number of ether oxygens (including phenoxy) is 1. The van der Waals surface area contributed by atoms with Gasteiger partial charge < -0.3 is 20.7 Å². The molecule has 3 rings (SSSR count). The molecule has 1 aliphatic rings. The van der Waals surface area contributed by atoms with Crippen molar-refractivity contribution in [2.45, 2.75) is 6.10 Å². The molecule has 1 unspecified atom stereocenters. The van der Waals surface area contributed by atoms with Crippen molar-refractivity contribution in [2.24, 2.45) is 0 Å². The van der Waals surface area contributed by atoms with Crippen LogP contribution in [0.25, 0.3) is 0 Å². The maximum Gasteiger partial charge on any atom is 0.275 e. The standard InChI is InChI=1S/C17H14N4O6/c22-14(19-10-4-3-5-11(8-10)21(25)26)9-18-16(23)15-17(24)20-12-6-1-2-7-13(12)27-15/h1-8,15H,9H2,(H,18,23)(H,19,22)(H,20,24). The van der Waals surface area contributed by atoms with Crippen LogP contribution in [0.15, 0.2) is 48.5 Å². The zero-order valence-corrected chi connectivity index (χ0v) is 13.8. The number of benzene rings is 2. The first-order chi connectivity index (χ1) is 12.9. The molecule has 3 N–H and O–H groups in total. The summed E-state index contributed by atoms with van der Waals surface area (Å²) < 4.78 is 5.37. The number of amides is 3. The molecule has 2 aromatic carbocycles. The summed E-state index contributed by atoms with van der Waals surface area (Å²) in [4.78, 5) is 46.2. The van der Waals surface area contributed by atoms with E-state index in [4.69, 9.17) is 4.74 Å². The van der Waals surface area contributed by atoms with Crippen molar-refractivity contribution in [3.63, 3.8) is 0 Å². The van der Waals surface area contributed by atoms with Gasteiger partial charge in [0.25, 0.3) is 23.6 Å². The molecule has 2 aromatic rings. The summed E-state index contributed by atoms with van der Waals surface area (Å²) in [5.41, 5.74) is 0.488. The Morgan fingerprint density at radius 3 is 2.74 bits per heavy atom. The molecule has 0 radical (unpaired) electrons. The van der Waals surface area contributed by atoms with E-state index in [0.29, 0.717) is 11.4 Å². The Morgan fingerprint density at radius 1 is 1.19 bits per heavy atom. The molecule has 0 saturated carbocycles. The summed E-state index contributed by atoms with van der Waals surface area (Å²) in [5, 5.41) is 18.0. The highest BCUT2D eigenvalue weighted by atomic mass is 16.6. The molecule has 0 spiro atoms. The third kappa shape index (κ3) is 4.18. The minimum Gasteiger partial charge on any atom is -0.468 e. The number of carbonyl (C=O) groups excluding carboxylic acids is 3. The first kappa shape index (κ1) is 17.9. The van der Waals surface area contributed by atoms with Crippen LogP contribution in [0.4, 0.5) is 17.1 Å². The highest BCUT2D eigenvalue weighted by Crippen LogP contribution is 2.28. The molecule has 1 atom stereocenters. The van der Waals surface area contributed by atoms with Crippen LogP contribution in [0, 0.1) is 10.1 Å². The van der Waals surface area contributed by atoms with E-state index in [0.717, 1.165) is 0 Å². The molecule has 0 fully saturated rings. The molecular formula is C17H14N4O6. The Bertz CT molecular complexity index is 929. The Labute approximate surface area is 152 Å². The van der Waals surface area contributed by atoms with Crippen molar-refractivity contribution in [1.82, 2.24) is 5.32 Å². The van der Waals surface area contributed by atoms with Crippen molar-refractivity contribution >= 4 is 34.8 Å². The molecule has 1 aliphatic heterocycles. The number of para-hydroxylation sites is 2. The molecule has 3 amide bonds. The van der Waals surface area contributed by atoms with Gasteiger partial charge in [-0.2, -0.15) is 0 Å².